The van der Waals surface area contributed by atoms with E-state index in [0.29, 0.717) is 11.8 Å². The molecule has 1 aromatic rings. The third kappa shape index (κ3) is 2.50. The summed E-state index contributed by atoms with van der Waals surface area (Å²) in [4.78, 5) is 1.39. The molecular formula is C13H15F3N2O2S. The van der Waals surface area contributed by atoms with Crippen molar-refractivity contribution in [2.75, 3.05) is 31.1 Å². The number of sulfone groups is 1. The Balaban J connectivity index is 1.79. The molecular weight excluding hydrogens is 305 g/mol. The highest BCUT2D eigenvalue weighted by Gasteiger charge is 2.46. The van der Waals surface area contributed by atoms with Gasteiger partial charge in [-0.1, -0.05) is 0 Å². The molecule has 0 saturated carbocycles. The van der Waals surface area contributed by atoms with E-state index in [1.165, 1.54) is 12.1 Å². The van der Waals surface area contributed by atoms with Gasteiger partial charge >= 0.3 is 5.51 Å². The van der Waals surface area contributed by atoms with E-state index in [4.69, 9.17) is 0 Å². The molecule has 3 rings (SSSR count). The molecule has 0 unspecified atom stereocenters. The Hall–Kier alpha value is -1.28. The summed E-state index contributed by atoms with van der Waals surface area (Å²) >= 11 is 0. The van der Waals surface area contributed by atoms with Gasteiger partial charge in [0.15, 0.2) is 0 Å². The molecule has 2 fully saturated rings. The van der Waals surface area contributed by atoms with Crippen molar-refractivity contribution >= 4 is 15.5 Å². The fourth-order valence-electron chi connectivity index (χ4n) is 3.04. The fraction of sp³-hybridized carbons (Fsp3) is 0.538. The second kappa shape index (κ2) is 4.88. The maximum atomic E-state index is 12.5. The molecule has 0 radical (unpaired) electrons. The molecule has 0 bridgehead atoms. The number of nitrogens with one attached hydrogen (secondary N) is 1. The van der Waals surface area contributed by atoms with E-state index in [1.54, 1.807) is 0 Å². The van der Waals surface area contributed by atoms with E-state index >= 15 is 0 Å². The van der Waals surface area contributed by atoms with Crippen LogP contribution in [0.1, 0.15) is 0 Å². The van der Waals surface area contributed by atoms with Gasteiger partial charge in [-0.15, -0.1) is 0 Å². The summed E-state index contributed by atoms with van der Waals surface area (Å²) < 4.78 is 60.0. The minimum absolute atomic E-state index is 0.559. The Labute approximate surface area is 120 Å². The van der Waals surface area contributed by atoms with Crippen LogP contribution in [0.4, 0.5) is 18.9 Å². The quantitative estimate of drug-likeness (QED) is 0.900. The van der Waals surface area contributed by atoms with Gasteiger partial charge < -0.3 is 10.2 Å². The van der Waals surface area contributed by atoms with Crippen LogP contribution in [0, 0.1) is 11.8 Å². The van der Waals surface area contributed by atoms with Crippen LogP contribution >= 0.6 is 0 Å². The number of nitrogens with zero attached hydrogens (tertiary/aromatic N) is 1. The van der Waals surface area contributed by atoms with E-state index in [1.807, 2.05) is 0 Å². The largest absolute Gasteiger partial charge is 0.501 e. The van der Waals surface area contributed by atoms with Gasteiger partial charge in [-0.05, 0) is 36.1 Å². The first-order chi connectivity index (χ1) is 9.79. The maximum absolute atomic E-state index is 12.5. The number of anilines is 1. The average molecular weight is 320 g/mol. The minimum atomic E-state index is -5.26. The second-order valence-corrected chi connectivity index (χ2v) is 7.47. The molecule has 2 heterocycles. The number of fused-ring (bicyclic) bond motifs is 1. The lowest BCUT2D eigenvalue weighted by Gasteiger charge is -2.20. The zero-order valence-corrected chi connectivity index (χ0v) is 11.9. The van der Waals surface area contributed by atoms with E-state index < -0.39 is 20.2 Å². The fourth-order valence-corrected chi connectivity index (χ4v) is 3.80. The Bertz CT molecular complexity index is 616. The van der Waals surface area contributed by atoms with Crippen molar-refractivity contribution in [1.29, 1.82) is 0 Å². The minimum Gasteiger partial charge on any atom is -0.371 e. The normalized spacial score (nSPS) is 26.1. The molecule has 2 atom stereocenters. The molecule has 2 saturated heterocycles. The summed E-state index contributed by atoms with van der Waals surface area (Å²) in [6, 6.07) is 4.97. The third-order valence-electron chi connectivity index (χ3n) is 4.21. The summed E-state index contributed by atoms with van der Waals surface area (Å²) in [5.74, 6) is 1.12. The van der Waals surface area contributed by atoms with Crippen molar-refractivity contribution in [1.82, 2.24) is 5.32 Å². The molecule has 1 aromatic carbocycles. The van der Waals surface area contributed by atoms with Crippen molar-refractivity contribution in [3.8, 4) is 0 Å². The molecule has 0 amide bonds. The first-order valence-electron chi connectivity index (χ1n) is 6.66. The van der Waals surface area contributed by atoms with E-state index in [9.17, 15) is 21.6 Å². The molecule has 1 N–H and O–H groups in total. The average Bonchev–Trinajstić information content (AvgIpc) is 2.98. The van der Waals surface area contributed by atoms with Gasteiger partial charge in [0.05, 0.1) is 4.90 Å². The summed E-state index contributed by atoms with van der Waals surface area (Å²) in [6.07, 6.45) is 0. The van der Waals surface area contributed by atoms with Crippen LogP contribution in [0.2, 0.25) is 0 Å². The number of alkyl halides is 3. The highest BCUT2D eigenvalue weighted by atomic mass is 32.2. The highest BCUT2D eigenvalue weighted by molar-refractivity contribution is 7.92. The van der Waals surface area contributed by atoms with Crippen LogP contribution in [-0.4, -0.2) is 40.1 Å². The lowest BCUT2D eigenvalue weighted by Crippen LogP contribution is -2.26. The van der Waals surface area contributed by atoms with Crippen molar-refractivity contribution in [2.45, 2.75) is 10.4 Å². The van der Waals surface area contributed by atoms with Crippen LogP contribution in [0.5, 0.6) is 0 Å². The zero-order chi connectivity index (χ0) is 15.3. The summed E-state index contributed by atoms with van der Waals surface area (Å²) in [5, 5.41) is 3.31. The van der Waals surface area contributed by atoms with Crippen LogP contribution in [0.25, 0.3) is 0 Å². The molecule has 4 nitrogen and oxygen atoms in total. The van der Waals surface area contributed by atoms with Crippen LogP contribution in [0.3, 0.4) is 0 Å². The molecule has 0 spiro atoms. The predicted molar refractivity (Wildman–Crippen MR) is 71.7 cm³/mol. The van der Waals surface area contributed by atoms with Crippen LogP contribution < -0.4 is 10.2 Å². The number of rotatable bonds is 2. The number of hydrogen-bond donors (Lipinski definition) is 1. The van der Waals surface area contributed by atoms with Gasteiger partial charge in [0, 0.05) is 31.9 Å². The third-order valence-corrected chi connectivity index (χ3v) is 5.71. The van der Waals surface area contributed by atoms with Gasteiger partial charge in [0.1, 0.15) is 0 Å². The molecule has 2 aliphatic rings. The van der Waals surface area contributed by atoms with E-state index in [0.717, 1.165) is 44.0 Å². The van der Waals surface area contributed by atoms with Crippen molar-refractivity contribution in [3.63, 3.8) is 0 Å². The van der Waals surface area contributed by atoms with Gasteiger partial charge in [-0.3, -0.25) is 0 Å². The lowest BCUT2D eigenvalue weighted by atomic mass is 10.0. The predicted octanol–water partition coefficient (Wildman–Crippen LogP) is 1.64. The molecule has 116 valence electrons. The zero-order valence-electron chi connectivity index (χ0n) is 11.1. The van der Waals surface area contributed by atoms with Gasteiger partial charge in [0.2, 0.25) is 0 Å². The first kappa shape index (κ1) is 14.6. The number of benzene rings is 1. The van der Waals surface area contributed by atoms with Crippen molar-refractivity contribution < 1.29 is 21.6 Å². The molecule has 21 heavy (non-hydrogen) atoms. The Kier molecular flexibility index (Phi) is 3.40. The van der Waals surface area contributed by atoms with E-state index in [2.05, 4.69) is 10.2 Å². The highest BCUT2D eigenvalue weighted by Crippen LogP contribution is 2.33. The van der Waals surface area contributed by atoms with Crippen LogP contribution in [0.15, 0.2) is 29.2 Å². The Morgan fingerprint density at radius 3 is 2.05 bits per heavy atom. The number of hydrogen-bond acceptors (Lipinski definition) is 4. The number of halogens is 3. The SMILES string of the molecule is O=S(=O)(c1ccc(N2C[C@H]3CNC[C@H]3C2)cc1)C(F)(F)F. The van der Waals surface area contributed by atoms with Crippen molar-refractivity contribution in [2.24, 2.45) is 11.8 Å². The van der Waals surface area contributed by atoms with Gasteiger partial charge in [-0.25, -0.2) is 8.42 Å². The van der Waals surface area contributed by atoms with Gasteiger partial charge in [0.25, 0.3) is 9.84 Å². The van der Waals surface area contributed by atoms with Gasteiger partial charge in [-0.2, -0.15) is 13.2 Å². The second-order valence-electron chi connectivity index (χ2n) is 5.53. The molecule has 0 aromatic heterocycles. The Morgan fingerprint density at radius 2 is 1.57 bits per heavy atom. The monoisotopic (exact) mass is 320 g/mol. The summed E-state index contributed by atoms with van der Waals surface area (Å²) in [7, 11) is -5.26. The summed E-state index contributed by atoms with van der Waals surface area (Å²) in [6.45, 7) is 3.62. The van der Waals surface area contributed by atoms with Crippen LogP contribution in [-0.2, 0) is 9.84 Å². The molecule has 8 heteroatoms. The molecule has 0 aliphatic carbocycles. The Morgan fingerprint density at radius 1 is 1.05 bits per heavy atom. The smallest absolute Gasteiger partial charge is 0.371 e. The molecule has 2 aliphatic heterocycles. The first-order valence-corrected chi connectivity index (χ1v) is 8.14. The topological polar surface area (TPSA) is 49.4 Å². The van der Waals surface area contributed by atoms with Crippen molar-refractivity contribution in [3.05, 3.63) is 24.3 Å². The maximum Gasteiger partial charge on any atom is 0.501 e. The standard InChI is InChI=1S/C13H15F3N2O2S/c14-13(15,16)21(19,20)12-3-1-11(2-4-12)18-7-9-5-17-6-10(9)8-18/h1-4,9-10,17H,5-8H2/t9-,10+. The lowest BCUT2D eigenvalue weighted by molar-refractivity contribution is -0.0436. The van der Waals surface area contributed by atoms with E-state index in [-0.39, 0.29) is 0 Å². The summed E-state index contributed by atoms with van der Waals surface area (Å²) in [5.41, 5.74) is -4.49.